The van der Waals surface area contributed by atoms with Gasteiger partial charge in [0.25, 0.3) is 0 Å². The van der Waals surface area contributed by atoms with Gasteiger partial charge in [-0.15, -0.1) is 0 Å². The zero-order chi connectivity index (χ0) is 19.8. The molecule has 0 atom stereocenters. The van der Waals surface area contributed by atoms with E-state index in [9.17, 15) is 9.59 Å². The first-order valence-corrected chi connectivity index (χ1v) is 9.17. The van der Waals surface area contributed by atoms with Crippen molar-refractivity contribution in [2.24, 2.45) is 5.41 Å². The van der Waals surface area contributed by atoms with E-state index in [0.29, 0.717) is 5.41 Å². The molecule has 1 aliphatic rings. The van der Waals surface area contributed by atoms with Gasteiger partial charge < -0.3 is 14.4 Å². The van der Waals surface area contributed by atoms with E-state index in [1.54, 1.807) is 10.6 Å². The van der Waals surface area contributed by atoms with Gasteiger partial charge in [-0.25, -0.2) is 9.31 Å². The number of piperidine rings is 1. The largest absolute Gasteiger partial charge is 0.469 e. The van der Waals surface area contributed by atoms with E-state index in [1.165, 1.54) is 14.2 Å². The second kappa shape index (κ2) is 7.21. The fourth-order valence-electron chi connectivity index (χ4n) is 3.60. The number of ether oxygens (including phenoxy) is 2. The molecule has 0 radical (unpaired) electrons. The highest BCUT2D eigenvalue weighted by Crippen LogP contribution is 2.37. The molecule has 146 valence electrons. The number of pyridine rings is 1. The maximum atomic E-state index is 12.0. The van der Waals surface area contributed by atoms with Crippen LogP contribution in [0.2, 0.25) is 0 Å². The zero-order valence-electron chi connectivity index (χ0n) is 16.7. The van der Waals surface area contributed by atoms with Crippen molar-refractivity contribution >= 4 is 23.1 Å². The average Bonchev–Trinajstić information content (AvgIpc) is 3.05. The Labute approximate surface area is 159 Å². The van der Waals surface area contributed by atoms with Crippen LogP contribution in [0.5, 0.6) is 0 Å². The van der Waals surface area contributed by atoms with E-state index in [1.807, 2.05) is 13.1 Å². The lowest BCUT2D eigenvalue weighted by Gasteiger charge is -2.39. The van der Waals surface area contributed by atoms with Crippen LogP contribution >= 0.6 is 0 Å². The number of anilines is 1. The lowest BCUT2D eigenvalue weighted by Crippen LogP contribution is -2.38. The minimum absolute atomic E-state index is 0.187. The Morgan fingerprint density at radius 3 is 2.44 bits per heavy atom. The fourth-order valence-corrected chi connectivity index (χ4v) is 3.60. The van der Waals surface area contributed by atoms with Crippen molar-refractivity contribution in [3.05, 3.63) is 29.1 Å². The Morgan fingerprint density at radius 2 is 1.85 bits per heavy atom. The third-order valence-corrected chi connectivity index (χ3v) is 5.43. The molecule has 0 amide bonds. The van der Waals surface area contributed by atoms with Gasteiger partial charge in [0.2, 0.25) is 0 Å². The summed E-state index contributed by atoms with van der Waals surface area (Å²) in [7, 11) is 2.74. The van der Waals surface area contributed by atoms with E-state index in [4.69, 9.17) is 9.47 Å². The number of aromatic nitrogens is 2. The van der Waals surface area contributed by atoms with Gasteiger partial charge in [0.05, 0.1) is 31.8 Å². The van der Waals surface area contributed by atoms with Crippen LogP contribution in [0.25, 0.3) is 5.52 Å². The standard InChI is InChI=1S/C20H27N3O4/c1-13-12-23-16(11-15(21-23)19(25)27-5)18(14(13)10-17(24)26-4)22-8-6-20(2,3)7-9-22/h11-12H,6-10H2,1-5H3. The molecule has 0 bridgehead atoms. The smallest absolute Gasteiger partial charge is 0.358 e. The number of hydrogen-bond donors (Lipinski definition) is 0. The Kier molecular flexibility index (Phi) is 5.13. The molecule has 0 N–H and O–H groups in total. The van der Waals surface area contributed by atoms with Crippen LogP contribution in [0.1, 0.15) is 48.3 Å². The number of methoxy groups -OCH3 is 2. The first kappa shape index (κ1) is 19.2. The van der Waals surface area contributed by atoms with E-state index in [-0.39, 0.29) is 18.1 Å². The Balaban J connectivity index is 2.15. The molecule has 2 aromatic rings. The number of hydrogen-bond acceptors (Lipinski definition) is 6. The summed E-state index contributed by atoms with van der Waals surface area (Å²) in [5.74, 6) is -0.759. The molecule has 0 aliphatic carbocycles. The highest BCUT2D eigenvalue weighted by molar-refractivity contribution is 5.92. The molecule has 27 heavy (non-hydrogen) atoms. The zero-order valence-corrected chi connectivity index (χ0v) is 16.7. The van der Waals surface area contributed by atoms with Gasteiger partial charge in [0, 0.05) is 25.4 Å². The van der Waals surface area contributed by atoms with Crippen LogP contribution in [0.4, 0.5) is 5.69 Å². The van der Waals surface area contributed by atoms with Crippen LogP contribution in [-0.4, -0.2) is 48.9 Å². The summed E-state index contributed by atoms with van der Waals surface area (Å²) >= 11 is 0. The molecule has 1 saturated heterocycles. The van der Waals surface area contributed by atoms with Crippen LogP contribution in [0.15, 0.2) is 12.3 Å². The van der Waals surface area contributed by atoms with Crippen LogP contribution in [0, 0.1) is 12.3 Å². The predicted octanol–water partition coefficient (Wildman–Crippen LogP) is 2.77. The Morgan fingerprint density at radius 1 is 1.19 bits per heavy atom. The quantitative estimate of drug-likeness (QED) is 0.768. The molecular formula is C20H27N3O4. The number of esters is 2. The number of fused-ring (bicyclic) bond motifs is 1. The first-order valence-electron chi connectivity index (χ1n) is 9.17. The summed E-state index contributed by atoms with van der Waals surface area (Å²) in [5, 5.41) is 4.37. The fraction of sp³-hybridized carbons (Fsp3) is 0.550. The molecular weight excluding hydrogens is 346 g/mol. The average molecular weight is 373 g/mol. The molecule has 1 fully saturated rings. The van der Waals surface area contributed by atoms with Crippen molar-refractivity contribution in [1.82, 2.24) is 9.61 Å². The summed E-state index contributed by atoms with van der Waals surface area (Å²) in [4.78, 5) is 26.3. The minimum atomic E-state index is -0.475. The van der Waals surface area contributed by atoms with Gasteiger partial charge in [0.15, 0.2) is 5.69 Å². The van der Waals surface area contributed by atoms with Gasteiger partial charge in [-0.3, -0.25) is 4.79 Å². The summed E-state index contributed by atoms with van der Waals surface area (Å²) < 4.78 is 11.4. The second-order valence-corrected chi connectivity index (χ2v) is 7.89. The van der Waals surface area contributed by atoms with Crippen molar-refractivity contribution in [2.75, 3.05) is 32.2 Å². The predicted molar refractivity (Wildman–Crippen MR) is 102 cm³/mol. The summed E-state index contributed by atoms with van der Waals surface area (Å²) in [6.45, 7) is 8.28. The van der Waals surface area contributed by atoms with Crippen molar-refractivity contribution in [3.8, 4) is 0 Å². The van der Waals surface area contributed by atoms with Crippen LogP contribution in [-0.2, 0) is 20.7 Å². The molecule has 1 aliphatic heterocycles. The van der Waals surface area contributed by atoms with Crippen LogP contribution < -0.4 is 4.90 Å². The normalized spacial score (nSPS) is 16.4. The number of carbonyl (C=O) groups excluding carboxylic acids is 2. The lowest BCUT2D eigenvalue weighted by molar-refractivity contribution is -0.139. The Bertz CT molecular complexity index is 875. The molecule has 7 nitrogen and oxygen atoms in total. The molecule has 0 saturated carbocycles. The lowest BCUT2D eigenvalue weighted by atomic mass is 9.82. The molecule has 0 unspecified atom stereocenters. The van der Waals surface area contributed by atoms with Gasteiger partial charge in [0.1, 0.15) is 0 Å². The molecule has 2 aromatic heterocycles. The minimum Gasteiger partial charge on any atom is -0.469 e. The summed E-state index contributed by atoms with van der Waals surface area (Å²) in [6.07, 6.45) is 4.15. The third-order valence-electron chi connectivity index (χ3n) is 5.43. The van der Waals surface area contributed by atoms with Gasteiger partial charge in [-0.1, -0.05) is 13.8 Å². The van der Waals surface area contributed by atoms with E-state index < -0.39 is 5.97 Å². The number of aryl methyl sites for hydroxylation is 1. The monoisotopic (exact) mass is 373 g/mol. The van der Waals surface area contributed by atoms with Gasteiger partial charge >= 0.3 is 11.9 Å². The number of nitrogens with zero attached hydrogens (tertiary/aromatic N) is 3. The number of carbonyl (C=O) groups is 2. The topological polar surface area (TPSA) is 73.1 Å². The highest BCUT2D eigenvalue weighted by atomic mass is 16.5. The first-order chi connectivity index (χ1) is 12.8. The maximum Gasteiger partial charge on any atom is 0.358 e. The summed E-state index contributed by atoms with van der Waals surface area (Å²) in [6, 6.07) is 1.74. The van der Waals surface area contributed by atoms with Crippen LogP contribution in [0.3, 0.4) is 0 Å². The molecule has 0 aromatic carbocycles. The SMILES string of the molecule is COC(=O)Cc1c(C)cn2nc(C(=O)OC)cc2c1N1CCC(C)(C)CC1. The van der Waals surface area contributed by atoms with Gasteiger partial charge in [-0.05, 0) is 36.3 Å². The van der Waals surface area contributed by atoms with Crippen molar-refractivity contribution in [3.63, 3.8) is 0 Å². The van der Waals surface area contributed by atoms with Gasteiger partial charge in [-0.2, -0.15) is 5.10 Å². The Hall–Kier alpha value is -2.57. The molecule has 3 rings (SSSR count). The van der Waals surface area contributed by atoms with E-state index in [0.717, 1.165) is 48.3 Å². The van der Waals surface area contributed by atoms with Crippen molar-refractivity contribution in [2.45, 2.75) is 40.0 Å². The highest BCUT2D eigenvalue weighted by Gasteiger charge is 2.29. The van der Waals surface area contributed by atoms with E-state index in [2.05, 4.69) is 23.8 Å². The van der Waals surface area contributed by atoms with Crippen molar-refractivity contribution in [1.29, 1.82) is 0 Å². The van der Waals surface area contributed by atoms with Crippen molar-refractivity contribution < 1.29 is 19.1 Å². The summed E-state index contributed by atoms with van der Waals surface area (Å²) in [5.41, 5.74) is 4.18. The second-order valence-electron chi connectivity index (χ2n) is 7.89. The number of rotatable bonds is 4. The molecule has 3 heterocycles. The molecule has 0 spiro atoms. The molecule has 7 heteroatoms. The van der Waals surface area contributed by atoms with E-state index >= 15 is 0 Å². The maximum absolute atomic E-state index is 12.0. The third kappa shape index (κ3) is 3.77.